The lowest BCUT2D eigenvalue weighted by Crippen LogP contribution is -2.34. The lowest BCUT2D eigenvalue weighted by molar-refractivity contribution is 0.0524. The minimum Gasteiger partial charge on any atom is -0.462 e. The minimum atomic E-state index is -0.708. The first-order chi connectivity index (χ1) is 15.2. The molecule has 2 heterocycles. The molecule has 2 aromatic heterocycles. The number of amides is 1. The van der Waals surface area contributed by atoms with Gasteiger partial charge in [-0.1, -0.05) is 17.7 Å². The Morgan fingerprint density at radius 3 is 2.47 bits per heavy atom. The summed E-state index contributed by atoms with van der Waals surface area (Å²) in [6.45, 7) is 7.33. The summed E-state index contributed by atoms with van der Waals surface area (Å²) in [5.41, 5.74) is 1.15. The Balaban J connectivity index is 1.95. The number of carbonyl (C=O) groups excluding carboxylic acids is 2. The van der Waals surface area contributed by atoms with Crippen molar-refractivity contribution < 1.29 is 19.1 Å². The second kappa shape index (κ2) is 9.74. The average molecular weight is 455 g/mol. The third-order valence-electron chi connectivity index (χ3n) is 4.05. The van der Waals surface area contributed by atoms with Gasteiger partial charge in [-0.25, -0.2) is 19.5 Å². The number of carbonyl (C=O) groups is 2. The number of halogens is 1. The number of aromatic nitrogens is 3. The van der Waals surface area contributed by atoms with Gasteiger partial charge >= 0.3 is 12.1 Å². The largest absolute Gasteiger partial charge is 0.462 e. The van der Waals surface area contributed by atoms with Crippen LogP contribution in [0.15, 0.2) is 55.1 Å². The molecule has 0 fully saturated rings. The highest BCUT2D eigenvalue weighted by Gasteiger charge is 2.26. The first-order valence-electron chi connectivity index (χ1n) is 9.91. The van der Waals surface area contributed by atoms with Crippen molar-refractivity contribution in [3.8, 4) is 11.3 Å². The highest BCUT2D eigenvalue weighted by molar-refractivity contribution is 6.31. The van der Waals surface area contributed by atoms with E-state index >= 15 is 0 Å². The number of benzene rings is 1. The van der Waals surface area contributed by atoms with E-state index in [2.05, 4.69) is 15.0 Å². The van der Waals surface area contributed by atoms with Crippen LogP contribution in [0.3, 0.4) is 0 Å². The number of rotatable bonds is 5. The van der Waals surface area contributed by atoms with Crippen molar-refractivity contribution in [2.75, 3.05) is 11.5 Å². The van der Waals surface area contributed by atoms with E-state index in [-0.39, 0.29) is 12.4 Å². The summed E-state index contributed by atoms with van der Waals surface area (Å²) in [4.78, 5) is 39.1. The number of hydrogen-bond donors (Lipinski definition) is 0. The molecule has 1 amide bonds. The summed E-state index contributed by atoms with van der Waals surface area (Å²) < 4.78 is 10.6. The molecule has 1 aromatic carbocycles. The maximum atomic E-state index is 12.9. The van der Waals surface area contributed by atoms with Gasteiger partial charge in [0, 0.05) is 23.0 Å². The van der Waals surface area contributed by atoms with Crippen molar-refractivity contribution in [2.24, 2.45) is 0 Å². The number of nitrogens with zero attached hydrogens (tertiary/aromatic N) is 4. The van der Waals surface area contributed by atoms with Crippen LogP contribution in [0, 0.1) is 0 Å². The smallest absolute Gasteiger partial charge is 0.420 e. The maximum Gasteiger partial charge on any atom is 0.420 e. The number of ether oxygens (including phenoxy) is 2. The fourth-order valence-electron chi connectivity index (χ4n) is 2.75. The van der Waals surface area contributed by atoms with Crippen LogP contribution in [-0.4, -0.2) is 39.2 Å². The Kier molecular flexibility index (Phi) is 7.05. The average Bonchev–Trinajstić information content (AvgIpc) is 2.73. The molecule has 0 bridgehead atoms. The first kappa shape index (κ1) is 23.1. The van der Waals surface area contributed by atoms with Crippen molar-refractivity contribution in [1.82, 2.24) is 15.0 Å². The van der Waals surface area contributed by atoms with Crippen LogP contribution in [0.25, 0.3) is 11.3 Å². The number of hydrogen-bond acceptors (Lipinski definition) is 7. The zero-order valence-corrected chi connectivity index (χ0v) is 19.0. The van der Waals surface area contributed by atoms with Crippen LogP contribution < -0.4 is 4.90 Å². The third kappa shape index (κ3) is 5.79. The van der Waals surface area contributed by atoms with Crippen LogP contribution in [0.5, 0.6) is 0 Å². The van der Waals surface area contributed by atoms with E-state index in [0.29, 0.717) is 27.5 Å². The van der Waals surface area contributed by atoms with Gasteiger partial charge in [0.25, 0.3) is 0 Å². The van der Waals surface area contributed by atoms with Gasteiger partial charge < -0.3 is 9.47 Å². The fraction of sp³-hybridized carbons (Fsp3) is 0.261. The van der Waals surface area contributed by atoms with E-state index in [1.165, 1.54) is 23.5 Å². The molecular formula is C23H23ClN4O4. The summed E-state index contributed by atoms with van der Waals surface area (Å²) >= 11 is 6.12. The highest BCUT2D eigenvalue weighted by Crippen LogP contribution is 2.29. The molecule has 0 N–H and O–H groups in total. The number of anilines is 2. The van der Waals surface area contributed by atoms with E-state index < -0.39 is 17.7 Å². The van der Waals surface area contributed by atoms with Crippen molar-refractivity contribution >= 4 is 35.2 Å². The van der Waals surface area contributed by atoms with Crippen molar-refractivity contribution in [2.45, 2.75) is 33.3 Å². The Hall–Kier alpha value is -3.52. The number of pyridine rings is 1. The van der Waals surface area contributed by atoms with Crippen LogP contribution in [-0.2, 0) is 9.47 Å². The fourth-order valence-corrected chi connectivity index (χ4v) is 2.93. The summed E-state index contributed by atoms with van der Waals surface area (Å²) in [5.74, 6) is -0.219. The lowest BCUT2D eigenvalue weighted by Gasteiger charge is -2.26. The zero-order valence-electron chi connectivity index (χ0n) is 18.2. The zero-order chi connectivity index (χ0) is 23.3. The van der Waals surface area contributed by atoms with Crippen molar-refractivity contribution in [3.63, 3.8) is 0 Å². The van der Waals surface area contributed by atoms with Gasteiger partial charge in [-0.2, -0.15) is 0 Å². The molecule has 0 aliphatic rings. The molecule has 0 spiro atoms. The second-order valence-corrected chi connectivity index (χ2v) is 8.17. The normalized spacial score (nSPS) is 11.0. The molecule has 3 rings (SSSR count). The molecule has 0 saturated carbocycles. The third-order valence-corrected chi connectivity index (χ3v) is 4.29. The first-order valence-corrected chi connectivity index (χ1v) is 10.3. The molecule has 0 radical (unpaired) electrons. The summed E-state index contributed by atoms with van der Waals surface area (Å²) in [6.07, 6.45) is 5.30. The quantitative estimate of drug-likeness (QED) is 0.473. The molecule has 0 aliphatic heterocycles. The second-order valence-electron chi connectivity index (χ2n) is 7.74. The van der Waals surface area contributed by atoms with Gasteiger partial charge in [0.05, 0.1) is 35.9 Å². The molecule has 0 unspecified atom stereocenters. The molecule has 0 aliphatic carbocycles. The van der Waals surface area contributed by atoms with Gasteiger partial charge in [-0.3, -0.25) is 9.97 Å². The van der Waals surface area contributed by atoms with Crippen molar-refractivity contribution in [3.05, 3.63) is 65.7 Å². The lowest BCUT2D eigenvalue weighted by atomic mass is 10.1. The van der Waals surface area contributed by atoms with Gasteiger partial charge in [-0.15, -0.1) is 0 Å². The molecule has 166 valence electrons. The predicted octanol–water partition coefficient (Wildman–Crippen LogP) is 5.44. The van der Waals surface area contributed by atoms with E-state index in [9.17, 15) is 9.59 Å². The van der Waals surface area contributed by atoms with Gasteiger partial charge in [0.2, 0.25) is 0 Å². The van der Waals surface area contributed by atoms with E-state index in [1.54, 1.807) is 64.2 Å². The van der Waals surface area contributed by atoms with E-state index in [0.717, 1.165) is 0 Å². The Labute approximate surface area is 191 Å². The standard InChI is InChI=1S/C23H23ClN4O4/c1-5-31-21(29)16-9-15(11-25-12-16)19-13-27-20(14-26-19)28(22(30)32-23(2,3)4)18-8-6-7-17(24)10-18/h6-14H,5H2,1-4H3. The molecule has 3 aromatic rings. The van der Waals surface area contributed by atoms with Gasteiger partial charge in [0.1, 0.15) is 5.60 Å². The topological polar surface area (TPSA) is 94.5 Å². The van der Waals surface area contributed by atoms with Gasteiger partial charge in [-0.05, 0) is 52.0 Å². The Morgan fingerprint density at radius 2 is 1.84 bits per heavy atom. The summed E-state index contributed by atoms with van der Waals surface area (Å²) in [7, 11) is 0. The Bertz CT molecular complexity index is 1110. The monoisotopic (exact) mass is 454 g/mol. The van der Waals surface area contributed by atoms with Crippen molar-refractivity contribution in [1.29, 1.82) is 0 Å². The van der Waals surface area contributed by atoms with Gasteiger partial charge in [0.15, 0.2) is 5.82 Å². The maximum absolute atomic E-state index is 12.9. The molecule has 32 heavy (non-hydrogen) atoms. The summed E-state index contributed by atoms with van der Waals surface area (Å²) in [5, 5.41) is 0.461. The van der Waals surface area contributed by atoms with E-state index in [4.69, 9.17) is 21.1 Å². The number of esters is 1. The van der Waals surface area contributed by atoms with Crippen LogP contribution in [0.4, 0.5) is 16.3 Å². The Morgan fingerprint density at radius 1 is 1.06 bits per heavy atom. The van der Waals surface area contributed by atoms with Crippen LogP contribution in [0.1, 0.15) is 38.1 Å². The molecule has 9 heteroatoms. The molecule has 0 atom stereocenters. The predicted molar refractivity (Wildman–Crippen MR) is 121 cm³/mol. The highest BCUT2D eigenvalue weighted by atomic mass is 35.5. The molecule has 0 saturated heterocycles. The minimum absolute atomic E-state index is 0.250. The molecular weight excluding hydrogens is 432 g/mol. The molecule has 8 nitrogen and oxygen atoms in total. The van der Waals surface area contributed by atoms with Crippen LogP contribution >= 0.6 is 11.6 Å². The summed E-state index contributed by atoms with van der Waals surface area (Å²) in [6, 6.07) is 8.41. The SMILES string of the molecule is CCOC(=O)c1cncc(-c2cnc(N(C(=O)OC(C)(C)C)c3cccc(Cl)c3)cn2)c1. The van der Waals surface area contributed by atoms with E-state index in [1.807, 2.05) is 0 Å². The van der Waals surface area contributed by atoms with Crippen LogP contribution in [0.2, 0.25) is 5.02 Å².